The Hall–Kier alpha value is -2.08. The van der Waals surface area contributed by atoms with E-state index in [2.05, 4.69) is 37.6 Å². The van der Waals surface area contributed by atoms with Gasteiger partial charge in [0.1, 0.15) is 0 Å². The quantitative estimate of drug-likeness (QED) is 0.211. The highest BCUT2D eigenvalue weighted by Gasteiger charge is 2.24. The molecule has 25 heavy (non-hydrogen) atoms. The lowest BCUT2D eigenvalue weighted by molar-refractivity contribution is -0.129. The third-order valence-electron chi connectivity index (χ3n) is 3.70. The number of carbonyl (C=O) groups is 2. The molecular formula is C19H33N3O3. The molecule has 142 valence electrons. The van der Waals surface area contributed by atoms with Gasteiger partial charge in [-0.3, -0.25) is 14.8 Å². The highest BCUT2D eigenvalue weighted by Crippen LogP contribution is 2.25. The second-order valence-corrected chi connectivity index (χ2v) is 5.96. The maximum Gasteiger partial charge on any atom is 0.243 e. The van der Waals surface area contributed by atoms with Crippen molar-refractivity contribution in [2.45, 2.75) is 58.4 Å². The van der Waals surface area contributed by atoms with E-state index >= 15 is 0 Å². The molecule has 0 aliphatic carbocycles. The average Bonchev–Trinajstić information content (AvgIpc) is 3.01. The van der Waals surface area contributed by atoms with E-state index in [0.717, 1.165) is 6.42 Å². The number of amides is 2. The van der Waals surface area contributed by atoms with Crippen LogP contribution in [0.4, 0.5) is 0 Å². The Balaban J connectivity index is 0.00000178. The molecule has 1 aliphatic heterocycles. The van der Waals surface area contributed by atoms with Crippen LogP contribution in [0.5, 0.6) is 0 Å². The molecule has 1 heterocycles. The zero-order valence-corrected chi connectivity index (χ0v) is 15.5. The number of hydrogen-bond acceptors (Lipinski definition) is 4. The van der Waals surface area contributed by atoms with Crippen molar-refractivity contribution in [3.05, 3.63) is 37.1 Å². The smallest absolute Gasteiger partial charge is 0.243 e. The monoisotopic (exact) mass is 351 g/mol. The van der Waals surface area contributed by atoms with Crippen molar-refractivity contribution >= 4 is 11.8 Å². The van der Waals surface area contributed by atoms with Gasteiger partial charge in [-0.25, -0.2) is 5.48 Å². The summed E-state index contributed by atoms with van der Waals surface area (Å²) in [5.41, 5.74) is 2.78. The molecule has 0 aromatic heterocycles. The Kier molecular flexibility index (Phi) is 13.1. The number of nitrogens with one attached hydrogen (secondary N) is 3. The van der Waals surface area contributed by atoms with Crippen molar-refractivity contribution in [1.29, 1.82) is 0 Å². The SMILES string of the molecule is C=CC1NC=C(CCNC(=O)CCCCC(=O)NO)C1C=C.CCC. The summed E-state index contributed by atoms with van der Waals surface area (Å²) in [4.78, 5) is 22.5. The van der Waals surface area contributed by atoms with Crippen molar-refractivity contribution in [1.82, 2.24) is 16.1 Å². The van der Waals surface area contributed by atoms with Crippen molar-refractivity contribution < 1.29 is 14.8 Å². The molecule has 0 radical (unpaired) electrons. The maximum absolute atomic E-state index is 11.7. The predicted octanol–water partition coefficient (Wildman–Crippen LogP) is 2.82. The molecule has 0 bridgehead atoms. The molecule has 4 N–H and O–H groups in total. The van der Waals surface area contributed by atoms with Crippen LogP contribution in [-0.2, 0) is 9.59 Å². The van der Waals surface area contributed by atoms with Crippen molar-refractivity contribution in [3.63, 3.8) is 0 Å². The van der Waals surface area contributed by atoms with Gasteiger partial charge in [0.25, 0.3) is 0 Å². The van der Waals surface area contributed by atoms with Crippen molar-refractivity contribution in [3.8, 4) is 0 Å². The largest absolute Gasteiger partial charge is 0.384 e. The molecule has 0 aromatic rings. The molecule has 1 rings (SSSR count). The third-order valence-corrected chi connectivity index (χ3v) is 3.70. The molecule has 6 heteroatoms. The van der Waals surface area contributed by atoms with Crippen molar-refractivity contribution in [2.75, 3.05) is 6.54 Å². The maximum atomic E-state index is 11.7. The molecule has 2 amide bonds. The van der Waals surface area contributed by atoms with E-state index in [4.69, 9.17) is 5.21 Å². The van der Waals surface area contributed by atoms with Crippen molar-refractivity contribution in [2.24, 2.45) is 5.92 Å². The first-order valence-electron chi connectivity index (χ1n) is 8.93. The second-order valence-electron chi connectivity index (χ2n) is 5.96. The summed E-state index contributed by atoms with van der Waals surface area (Å²) in [5.74, 6) is -0.217. The zero-order valence-electron chi connectivity index (χ0n) is 15.5. The minimum absolute atomic E-state index is 0.0219. The van der Waals surface area contributed by atoms with E-state index in [1.54, 1.807) is 5.48 Å². The van der Waals surface area contributed by atoms with Gasteiger partial charge in [0.2, 0.25) is 11.8 Å². The lowest BCUT2D eigenvalue weighted by atomic mass is 9.93. The van der Waals surface area contributed by atoms with Crippen LogP contribution in [0.2, 0.25) is 0 Å². The number of rotatable bonds is 10. The van der Waals surface area contributed by atoms with Crippen LogP contribution in [0.3, 0.4) is 0 Å². The Morgan fingerprint density at radius 1 is 1.20 bits per heavy atom. The van der Waals surface area contributed by atoms with Gasteiger partial charge in [0.15, 0.2) is 0 Å². The molecule has 0 saturated carbocycles. The standard InChI is InChI=1S/C16H25N3O3.C3H8/c1-3-13-12(11-18-14(13)4-2)9-10-17-15(20)7-5-6-8-16(21)19-22;1-3-2/h3-4,11,13-14,18,22H,1-2,5-10H2,(H,17,20)(H,19,21);3H2,1-2H3. The Morgan fingerprint density at radius 3 is 2.32 bits per heavy atom. The molecule has 0 saturated heterocycles. The molecule has 6 nitrogen and oxygen atoms in total. The first-order chi connectivity index (χ1) is 12.0. The normalized spacial score (nSPS) is 18.1. The second kappa shape index (κ2) is 14.3. The molecule has 2 atom stereocenters. The lowest BCUT2D eigenvalue weighted by Crippen LogP contribution is -2.26. The van der Waals surface area contributed by atoms with Gasteiger partial charge in [-0.05, 0) is 31.0 Å². The summed E-state index contributed by atoms with van der Waals surface area (Å²) >= 11 is 0. The number of hydrogen-bond donors (Lipinski definition) is 4. The minimum Gasteiger partial charge on any atom is -0.384 e. The fourth-order valence-electron chi connectivity index (χ4n) is 2.45. The van der Waals surface area contributed by atoms with E-state index in [0.29, 0.717) is 25.8 Å². The summed E-state index contributed by atoms with van der Waals surface area (Å²) in [6, 6.07) is 0.181. The fraction of sp³-hybridized carbons (Fsp3) is 0.579. The van der Waals surface area contributed by atoms with Crippen LogP contribution < -0.4 is 16.1 Å². The molecule has 0 fully saturated rings. The lowest BCUT2D eigenvalue weighted by Gasteiger charge is -2.16. The molecule has 0 spiro atoms. The van der Waals surface area contributed by atoms with Crippen LogP contribution >= 0.6 is 0 Å². The summed E-state index contributed by atoms with van der Waals surface area (Å²) in [6.45, 7) is 12.5. The van der Waals surface area contributed by atoms with Crippen LogP contribution in [0.1, 0.15) is 52.4 Å². The third kappa shape index (κ3) is 9.72. The number of unbranched alkanes of at least 4 members (excludes halogenated alkanes) is 1. The van der Waals surface area contributed by atoms with Gasteiger partial charge in [0.05, 0.1) is 6.04 Å². The molecule has 0 aromatic carbocycles. The topological polar surface area (TPSA) is 90.5 Å². The Morgan fingerprint density at radius 2 is 1.80 bits per heavy atom. The fourth-order valence-corrected chi connectivity index (χ4v) is 2.45. The first-order valence-corrected chi connectivity index (χ1v) is 8.93. The van der Waals surface area contributed by atoms with Crippen LogP contribution in [0.15, 0.2) is 37.1 Å². The summed E-state index contributed by atoms with van der Waals surface area (Å²) in [7, 11) is 0. The number of hydroxylamine groups is 1. The average molecular weight is 351 g/mol. The van der Waals surface area contributed by atoms with Gasteiger partial charge >= 0.3 is 0 Å². The summed E-state index contributed by atoms with van der Waals surface area (Å²) < 4.78 is 0. The van der Waals surface area contributed by atoms with E-state index in [1.165, 1.54) is 12.0 Å². The van der Waals surface area contributed by atoms with Gasteiger partial charge in [-0.15, -0.1) is 13.2 Å². The predicted molar refractivity (Wildman–Crippen MR) is 101 cm³/mol. The minimum atomic E-state index is -0.423. The molecule has 1 aliphatic rings. The highest BCUT2D eigenvalue weighted by atomic mass is 16.5. The van der Waals surface area contributed by atoms with E-state index in [9.17, 15) is 9.59 Å². The van der Waals surface area contributed by atoms with Crippen LogP contribution in [-0.4, -0.2) is 29.6 Å². The van der Waals surface area contributed by atoms with Gasteiger partial charge < -0.3 is 10.6 Å². The summed E-state index contributed by atoms with van der Waals surface area (Å²) in [6.07, 6.45) is 9.56. The number of carbonyl (C=O) groups excluding carboxylic acids is 2. The van der Waals surface area contributed by atoms with E-state index in [1.807, 2.05) is 18.4 Å². The Bertz CT molecular complexity index is 461. The van der Waals surface area contributed by atoms with Gasteiger partial charge in [-0.2, -0.15) is 0 Å². The molecular weight excluding hydrogens is 318 g/mol. The zero-order chi connectivity index (χ0) is 19.1. The highest BCUT2D eigenvalue weighted by molar-refractivity contribution is 5.76. The summed E-state index contributed by atoms with van der Waals surface area (Å²) in [5, 5.41) is 14.4. The van der Waals surface area contributed by atoms with Crippen LogP contribution in [0.25, 0.3) is 0 Å². The van der Waals surface area contributed by atoms with E-state index in [-0.39, 0.29) is 24.3 Å². The van der Waals surface area contributed by atoms with E-state index < -0.39 is 5.91 Å². The van der Waals surface area contributed by atoms with Crippen LogP contribution in [0, 0.1) is 5.92 Å². The first kappa shape index (κ1) is 22.9. The van der Waals surface area contributed by atoms with Gasteiger partial charge in [0, 0.05) is 25.3 Å². The molecule has 2 unspecified atom stereocenters. The Labute approximate surface area is 151 Å². The van der Waals surface area contributed by atoms with Gasteiger partial charge in [-0.1, -0.05) is 32.4 Å².